The lowest BCUT2D eigenvalue weighted by Crippen LogP contribution is -2.33. The molecule has 0 radical (unpaired) electrons. The monoisotopic (exact) mass is 279 g/mol. The molecule has 1 heterocycles. The normalized spacial score (nSPS) is 17.5. The number of terminal acetylenes is 1. The second kappa shape index (κ2) is 6.62. The minimum absolute atomic E-state index is 0.0787. The maximum Gasteiger partial charge on any atom is 0.161 e. The van der Waals surface area contributed by atoms with Gasteiger partial charge in [0.25, 0.3) is 0 Å². The summed E-state index contributed by atoms with van der Waals surface area (Å²) < 4.78 is 39.3. The first kappa shape index (κ1) is 14.7. The lowest BCUT2D eigenvalue weighted by Gasteiger charge is -2.28. The third-order valence-corrected chi connectivity index (χ3v) is 3.53. The lowest BCUT2D eigenvalue weighted by molar-refractivity contribution is 0.226. The minimum atomic E-state index is -1.16. The summed E-state index contributed by atoms with van der Waals surface area (Å²) in [5, 5.41) is 0. The Bertz CT molecular complexity index is 537. The minimum Gasteiger partial charge on any atom is -0.292 e. The van der Waals surface area contributed by atoms with Crippen LogP contribution in [0.3, 0.4) is 0 Å². The second-order valence-electron chi connectivity index (χ2n) is 4.96. The van der Waals surface area contributed by atoms with Crippen LogP contribution in [0, 0.1) is 35.7 Å². The topological polar surface area (TPSA) is 3.24 Å². The Balaban J connectivity index is 1.98. The molecule has 1 aromatic carbocycles. The average molecular weight is 279 g/mol. The summed E-state index contributed by atoms with van der Waals surface area (Å²) in [4.78, 5) is 2.18. The molecule has 0 unspecified atom stereocenters. The van der Waals surface area contributed by atoms with E-state index in [0.717, 1.165) is 32.0 Å². The van der Waals surface area contributed by atoms with E-state index >= 15 is 0 Å². The smallest absolute Gasteiger partial charge is 0.161 e. The van der Waals surface area contributed by atoms with Crippen LogP contribution in [0.1, 0.15) is 18.4 Å². The van der Waals surface area contributed by atoms with Crippen molar-refractivity contribution < 1.29 is 13.2 Å². The van der Waals surface area contributed by atoms with Crippen LogP contribution in [0.25, 0.3) is 6.08 Å². The van der Waals surface area contributed by atoms with Crippen LogP contribution in [0.15, 0.2) is 18.2 Å². The summed E-state index contributed by atoms with van der Waals surface area (Å²) in [5.41, 5.74) is 0.0787. The van der Waals surface area contributed by atoms with Gasteiger partial charge in [-0.05, 0) is 37.9 Å². The summed E-state index contributed by atoms with van der Waals surface area (Å²) >= 11 is 0. The van der Waals surface area contributed by atoms with Crippen molar-refractivity contribution in [1.82, 2.24) is 4.90 Å². The number of likely N-dealkylation sites (tertiary alicyclic amines) is 1. The predicted molar refractivity (Wildman–Crippen MR) is 73.3 cm³/mol. The average Bonchev–Trinajstić information content (AvgIpc) is 2.43. The molecule has 20 heavy (non-hydrogen) atoms. The Morgan fingerprint density at radius 2 is 1.80 bits per heavy atom. The van der Waals surface area contributed by atoms with Gasteiger partial charge in [0.05, 0.1) is 6.54 Å². The van der Waals surface area contributed by atoms with Crippen molar-refractivity contribution in [2.45, 2.75) is 12.8 Å². The molecular weight excluding hydrogens is 263 g/mol. The number of hydrogen-bond acceptors (Lipinski definition) is 1. The molecule has 0 spiro atoms. The van der Waals surface area contributed by atoms with Crippen LogP contribution in [-0.4, -0.2) is 24.5 Å². The summed E-state index contributed by atoms with van der Waals surface area (Å²) in [5.74, 6) is -0.0161. The maximum absolute atomic E-state index is 13.5. The van der Waals surface area contributed by atoms with Gasteiger partial charge in [-0.15, -0.1) is 6.42 Å². The number of benzene rings is 1. The number of piperidine rings is 1. The molecule has 1 aliphatic rings. The number of allylic oxidation sites excluding steroid dienone is 1. The van der Waals surface area contributed by atoms with E-state index < -0.39 is 17.5 Å². The molecular formula is C16H16F3N. The molecule has 106 valence electrons. The van der Waals surface area contributed by atoms with Crippen molar-refractivity contribution in [3.8, 4) is 12.3 Å². The summed E-state index contributed by atoms with van der Waals surface area (Å²) in [6.45, 7) is 2.45. The number of hydrogen-bond donors (Lipinski definition) is 0. The first-order valence-electron chi connectivity index (χ1n) is 6.58. The van der Waals surface area contributed by atoms with Crippen LogP contribution in [0.4, 0.5) is 13.2 Å². The van der Waals surface area contributed by atoms with Crippen molar-refractivity contribution in [2.75, 3.05) is 19.6 Å². The highest BCUT2D eigenvalue weighted by atomic mass is 19.2. The Hall–Kier alpha value is -1.73. The van der Waals surface area contributed by atoms with Crippen LogP contribution in [0.2, 0.25) is 0 Å². The third kappa shape index (κ3) is 3.64. The van der Waals surface area contributed by atoms with Gasteiger partial charge < -0.3 is 0 Å². The first-order chi connectivity index (χ1) is 9.60. The van der Waals surface area contributed by atoms with E-state index in [0.29, 0.717) is 18.5 Å². The highest BCUT2D eigenvalue weighted by Crippen LogP contribution is 2.21. The van der Waals surface area contributed by atoms with Gasteiger partial charge in [-0.1, -0.05) is 18.1 Å². The molecule has 0 bridgehead atoms. The zero-order chi connectivity index (χ0) is 14.5. The zero-order valence-corrected chi connectivity index (χ0v) is 11.1. The maximum atomic E-state index is 13.5. The quantitative estimate of drug-likeness (QED) is 0.605. The molecule has 1 nitrogen and oxygen atoms in total. The van der Waals surface area contributed by atoms with E-state index in [1.807, 2.05) is 6.08 Å². The Morgan fingerprint density at radius 1 is 1.15 bits per heavy atom. The Labute approximate surface area is 117 Å². The number of halogens is 3. The van der Waals surface area contributed by atoms with Crippen LogP contribution < -0.4 is 0 Å². The van der Waals surface area contributed by atoms with Gasteiger partial charge in [-0.3, -0.25) is 4.90 Å². The van der Waals surface area contributed by atoms with Crippen molar-refractivity contribution in [1.29, 1.82) is 0 Å². The number of rotatable bonds is 3. The van der Waals surface area contributed by atoms with Gasteiger partial charge in [0, 0.05) is 11.6 Å². The van der Waals surface area contributed by atoms with Crippen molar-refractivity contribution in [2.24, 2.45) is 5.92 Å². The number of nitrogens with zero attached hydrogens (tertiary/aromatic N) is 1. The highest BCUT2D eigenvalue weighted by molar-refractivity contribution is 5.50. The van der Waals surface area contributed by atoms with E-state index in [4.69, 9.17) is 6.42 Å². The van der Waals surface area contributed by atoms with E-state index in [9.17, 15) is 13.2 Å². The second-order valence-corrected chi connectivity index (χ2v) is 4.96. The van der Waals surface area contributed by atoms with E-state index in [-0.39, 0.29) is 5.56 Å². The van der Waals surface area contributed by atoms with Gasteiger partial charge in [-0.25, -0.2) is 13.2 Å². The first-order valence-corrected chi connectivity index (χ1v) is 6.58. The molecule has 1 aliphatic heterocycles. The molecule has 0 atom stereocenters. The SMILES string of the molecule is C#CCN1CCC(/C=C\c2cc(F)c(F)cc2F)CC1. The van der Waals surface area contributed by atoms with E-state index in [1.165, 1.54) is 6.08 Å². The Kier molecular flexibility index (Phi) is 4.86. The zero-order valence-electron chi connectivity index (χ0n) is 11.1. The fourth-order valence-corrected chi connectivity index (χ4v) is 2.34. The van der Waals surface area contributed by atoms with Crippen molar-refractivity contribution in [3.63, 3.8) is 0 Å². The molecule has 1 aromatic rings. The van der Waals surface area contributed by atoms with Crippen molar-refractivity contribution in [3.05, 3.63) is 41.2 Å². The largest absolute Gasteiger partial charge is 0.292 e. The van der Waals surface area contributed by atoms with Crippen LogP contribution in [0.5, 0.6) is 0 Å². The summed E-state index contributed by atoms with van der Waals surface area (Å²) in [6.07, 6.45) is 10.5. The fraction of sp³-hybridized carbons (Fsp3) is 0.375. The van der Waals surface area contributed by atoms with Gasteiger partial charge in [0.15, 0.2) is 11.6 Å². The van der Waals surface area contributed by atoms with E-state index in [1.54, 1.807) is 0 Å². The Morgan fingerprint density at radius 3 is 2.45 bits per heavy atom. The fourth-order valence-electron chi connectivity index (χ4n) is 2.34. The predicted octanol–water partition coefficient (Wildman–Crippen LogP) is 3.46. The molecule has 1 fully saturated rings. The molecule has 0 aliphatic carbocycles. The van der Waals surface area contributed by atoms with Crippen LogP contribution >= 0.6 is 0 Å². The summed E-state index contributed by atoms with van der Waals surface area (Å²) in [6, 6.07) is 1.46. The molecule has 1 saturated heterocycles. The molecule has 2 rings (SSSR count). The summed E-state index contributed by atoms with van der Waals surface area (Å²) in [7, 11) is 0. The van der Waals surface area contributed by atoms with E-state index in [2.05, 4.69) is 10.8 Å². The van der Waals surface area contributed by atoms with Crippen LogP contribution in [-0.2, 0) is 0 Å². The highest BCUT2D eigenvalue weighted by Gasteiger charge is 2.16. The molecule has 0 aromatic heterocycles. The van der Waals surface area contributed by atoms with Gasteiger partial charge >= 0.3 is 0 Å². The van der Waals surface area contributed by atoms with Gasteiger partial charge in [0.2, 0.25) is 0 Å². The standard InChI is InChI=1S/C16H16F3N/c1-2-7-20-8-5-12(6-9-20)3-4-13-10-15(18)16(19)11-14(13)17/h1,3-4,10-12H,5-9H2/b4-3-. The third-order valence-electron chi connectivity index (χ3n) is 3.53. The lowest BCUT2D eigenvalue weighted by atomic mass is 9.95. The molecule has 4 heteroatoms. The van der Waals surface area contributed by atoms with Gasteiger partial charge in [0.1, 0.15) is 5.82 Å². The molecule has 0 N–H and O–H groups in total. The van der Waals surface area contributed by atoms with Crippen molar-refractivity contribution >= 4 is 6.08 Å². The molecule has 0 amide bonds. The molecule has 0 saturated carbocycles. The van der Waals surface area contributed by atoms with Gasteiger partial charge in [-0.2, -0.15) is 0 Å².